The van der Waals surface area contributed by atoms with Gasteiger partial charge in [0.15, 0.2) is 0 Å². The van der Waals surface area contributed by atoms with Crippen molar-refractivity contribution in [2.45, 2.75) is 19.0 Å². The molecule has 0 amide bonds. The average Bonchev–Trinajstić information content (AvgIpc) is 3.31. The predicted molar refractivity (Wildman–Crippen MR) is 111 cm³/mol. The molecule has 6 heteroatoms. The summed E-state index contributed by atoms with van der Waals surface area (Å²) in [4.78, 5) is 4.74. The molecule has 1 aliphatic rings. The summed E-state index contributed by atoms with van der Waals surface area (Å²) in [7, 11) is 4.27. The van der Waals surface area contributed by atoms with Crippen LogP contribution in [0.1, 0.15) is 12.0 Å². The lowest BCUT2D eigenvalue weighted by atomic mass is 10.1. The van der Waals surface area contributed by atoms with Crippen molar-refractivity contribution in [3.63, 3.8) is 0 Å². The van der Waals surface area contributed by atoms with Gasteiger partial charge in [-0.2, -0.15) is 5.10 Å². The number of likely N-dealkylation sites (N-methyl/N-ethyl adjacent to an activating group) is 1. The zero-order chi connectivity index (χ0) is 19.7. The van der Waals surface area contributed by atoms with Crippen LogP contribution in [0.3, 0.4) is 0 Å². The molecule has 4 rings (SSSR count). The van der Waals surface area contributed by atoms with Crippen LogP contribution in [0.4, 0.5) is 4.39 Å². The van der Waals surface area contributed by atoms with E-state index in [1.807, 2.05) is 35.1 Å². The van der Waals surface area contributed by atoms with Crippen LogP contribution in [0, 0.1) is 5.82 Å². The first-order chi connectivity index (χ1) is 13.5. The third-order valence-electron chi connectivity index (χ3n) is 5.38. The van der Waals surface area contributed by atoms with Crippen LogP contribution in [0.15, 0.2) is 54.7 Å². The largest absolute Gasteiger partial charge is 0.305 e. The zero-order valence-electron chi connectivity index (χ0n) is 16.1. The molecule has 146 valence electrons. The van der Waals surface area contributed by atoms with Crippen molar-refractivity contribution in [1.82, 2.24) is 19.6 Å². The monoisotopic (exact) mass is 398 g/mol. The molecule has 4 nitrogen and oxygen atoms in total. The van der Waals surface area contributed by atoms with Crippen molar-refractivity contribution in [1.29, 1.82) is 0 Å². The van der Waals surface area contributed by atoms with E-state index in [1.54, 1.807) is 12.1 Å². The number of halogens is 2. The van der Waals surface area contributed by atoms with E-state index < -0.39 is 0 Å². The van der Waals surface area contributed by atoms with Crippen molar-refractivity contribution in [3.05, 3.63) is 71.1 Å². The fourth-order valence-electron chi connectivity index (χ4n) is 3.75. The first-order valence-corrected chi connectivity index (χ1v) is 9.87. The van der Waals surface area contributed by atoms with Gasteiger partial charge in [0.1, 0.15) is 5.82 Å². The minimum absolute atomic E-state index is 0.255. The van der Waals surface area contributed by atoms with Crippen LogP contribution in [-0.4, -0.2) is 52.8 Å². The maximum absolute atomic E-state index is 13.3. The topological polar surface area (TPSA) is 24.3 Å². The maximum atomic E-state index is 13.3. The van der Waals surface area contributed by atoms with Crippen molar-refractivity contribution >= 4 is 11.6 Å². The van der Waals surface area contributed by atoms with Crippen molar-refractivity contribution in [3.8, 4) is 16.9 Å². The molecular formula is C22H24ClFN4. The zero-order valence-corrected chi connectivity index (χ0v) is 16.9. The van der Waals surface area contributed by atoms with E-state index in [0.717, 1.165) is 42.1 Å². The van der Waals surface area contributed by atoms with Gasteiger partial charge in [-0.25, -0.2) is 9.07 Å². The summed E-state index contributed by atoms with van der Waals surface area (Å²) >= 11 is 6.47. The quantitative estimate of drug-likeness (QED) is 0.633. The minimum atomic E-state index is -0.255. The molecule has 0 saturated carbocycles. The highest BCUT2D eigenvalue weighted by atomic mass is 35.5. The molecule has 0 N–H and O–H groups in total. The molecule has 1 fully saturated rings. The first kappa shape index (κ1) is 19.1. The van der Waals surface area contributed by atoms with E-state index in [1.165, 1.54) is 18.6 Å². The Morgan fingerprint density at radius 1 is 1.14 bits per heavy atom. The number of rotatable bonds is 5. The Morgan fingerprint density at radius 2 is 1.89 bits per heavy atom. The second kappa shape index (κ2) is 8.03. The third kappa shape index (κ3) is 3.97. The van der Waals surface area contributed by atoms with Gasteiger partial charge in [0.05, 0.1) is 16.4 Å². The Bertz CT molecular complexity index is 951. The summed E-state index contributed by atoms with van der Waals surface area (Å²) in [6.45, 7) is 2.91. The molecule has 3 aromatic rings. The lowest BCUT2D eigenvalue weighted by Crippen LogP contribution is -2.31. The summed E-state index contributed by atoms with van der Waals surface area (Å²) in [6.07, 6.45) is 3.20. The Labute approximate surface area is 170 Å². The number of benzene rings is 2. The minimum Gasteiger partial charge on any atom is -0.305 e. The van der Waals surface area contributed by atoms with Crippen molar-refractivity contribution in [2.24, 2.45) is 0 Å². The van der Waals surface area contributed by atoms with Crippen LogP contribution in [0.5, 0.6) is 0 Å². The average molecular weight is 399 g/mol. The maximum Gasteiger partial charge on any atom is 0.123 e. The van der Waals surface area contributed by atoms with Crippen LogP contribution in [0.25, 0.3) is 16.9 Å². The van der Waals surface area contributed by atoms with Gasteiger partial charge in [0.25, 0.3) is 0 Å². The van der Waals surface area contributed by atoms with E-state index in [2.05, 4.69) is 23.9 Å². The summed E-state index contributed by atoms with van der Waals surface area (Å²) in [6, 6.07) is 14.7. The Kier molecular flexibility index (Phi) is 5.49. The van der Waals surface area contributed by atoms with Gasteiger partial charge in [-0.15, -0.1) is 0 Å². The molecule has 0 bridgehead atoms. The summed E-state index contributed by atoms with van der Waals surface area (Å²) in [5.41, 5.74) is 3.75. The van der Waals surface area contributed by atoms with E-state index >= 15 is 0 Å². The Morgan fingerprint density at radius 3 is 2.57 bits per heavy atom. The highest BCUT2D eigenvalue weighted by Crippen LogP contribution is 2.31. The van der Waals surface area contributed by atoms with Crippen LogP contribution in [0.2, 0.25) is 5.02 Å². The molecule has 0 aliphatic carbocycles. The van der Waals surface area contributed by atoms with E-state index in [9.17, 15) is 4.39 Å². The highest BCUT2D eigenvalue weighted by Gasteiger charge is 2.25. The summed E-state index contributed by atoms with van der Waals surface area (Å²) < 4.78 is 15.1. The molecule has 1 unspecified atom stereocenters. The van der Waals surface area contributed by atoms with Gasteiger partial charge in [-0.1, -0.05) is 29.8 Å². The van der Waals surface area contributed by atoms with Gasteiger partial charge in [-0.05, 0) is 50.8 Å². The second-order valence-electron chi connectivity index (χ2n) is 7.55. The lowest BCUT2D eigenvalue weighted by molar-refractivity contribution is 0.265. The molecule has 1 aromatic heterocycles. The summed E-state index contributed by atoms with van der Waals surface area (Å²) in [5, 5.41) is 5.49. The molecule has 1 aliphatic heterocycles. The number of nitrogens with zero attached hydrogens (tertiary/aromatic N) is 4. The van der Waals surface area contributed by atoms with E-state index in [-0.39, 0.29) is 5.82 Å². The molecule has 0 spiro atoms. The summed E-state index contributed by atoms with van der Waals surface area (Å²) in [5.74, 6) is -0.255. The van der Waals surface area contributed by atoms with Crippen LogP contribution in [-0.2, 0) is 6.54 Å². The number of aromatic nitrogens is 2. The standard InChI is InChI=1S/C22H24ClFN4/c1-26(2)19-11-12-27(15-19)13-16-14-28(18-9-7-17(24)8-10-18)25-22(16)20-5-3-4-6-21(20)23/h3-10,14,19H,11-13,15H2,1-2H3. The molecular weight excluding hydrogens is 375 g/mol. The lowest BCUT2D eigenvalue weighted by Gasteiger charge is -2.20. The number of hydrogen-bond donors (Lipinski definition) is 0. The fraction of sp³-hybridized carbons (Fsp3) is 0.318. The second-order valence-corrected chi connectivity index (χ2v) is 7.95. The number of likely N-dealkylation sites (tertiary alicyclic amines) is 1. The van der Waals surface area contributed by atoms with E-state index in [4.69, 9.17) is 16.7 Å². The van der Waals surface area contributed by atoms with Crippen molar-refractivity contribution < 1.29 is 4.39 Å². The van der Waals surface area contributed by atoms with Gasteiger partial charge >= 0.3 is 0 Å². The van der Waals surface area contributed by atoms with Gasteiger partial charge in [0, 0.05) is 43.0 Å². The SMILES string of the molecule is CN(C)C1CCN(Cc2cn(-c3ccc(F)cc3)nc2-c2ccccc2Cl)C1. The molecule has 1 atom stereocenters. The van der Waals surface area contributed by atoms with Crippen LogP contribution >= 0.6 is 11.6 Å². The van der Waals surface area contributed by atoms with Gasteiger partial charge < -0.3 is 4.90 Å². The Hall–Kier alpha value is -2.21. The van der Waals surface area contributed by atoms with Gasteiger partial charge in [-0.3, -0.25) is 4.90 Å². The van der Waals surface area contributed by atoms with Gasteiger partial charge in [0.2, 0.25) is 0 Å². The third-order valence-corrected chi connectivity index (χ3v) is 5.71. The first-order valence-electron chi connectivity index (χ1n) is 9.49. The molecule has 0 radical (unpaired) electrons. The van der Waals surface area contributed by atoms with Crippen LogP contribution < -0.4 is 0 Å². The Balaban J connectivity index is 1.69. The smallest absolute Gasteiger partial charge is 0.123 e. The molecule has 2 heterocycles. The predicted octanol–water partition coefficient (Wildman–Crippen LogP) is 4.47. The van der Waals surface area contributed by atoms with Crippen molar-refractivity contribution in [2.75, 3.05) is 27.2 Å². The molecule has 28 heavy (non-hydrogen) atoms. The fourth-order valence-corrected chi connectivity index (χ4v) is 3.97. The normalized spacial score (nSPS) is 17.5. The van der Waals surface area contributed by atoms with E-state index in [0.29, 0.717) is 11.1 Å². The molecule has 2 aromatic carbocycles. The molecule has 1 saturated heterocycles. The number of hydrogen-bond acceptors (Lipinski definition) is 3. The highest BCUT2D eigenvalue weighted by molar-refractivity contribution is 6.33.